The van der Waals surface area contributed by atoms with Crippen LogP contribution in [-0.2, 0) is 13.5 Å². The summed E-state index contributed by atoms with van der Waals surface area (Å²) in [5, 5.41) is 14.6. The van der Waals surface area contributed by atoms with Crippen molar-refractivity contribution in [1.82, 2.24) is 14.8 Å². The quantitative estimate of drug-likeness (QED) is 0.858. The minimum atomic E-state index is -0.727. The summed E-state index contributed by atoms with van der Waals surface area (Å²) in [6, 6.07) is 1.72. The summed E-state index contributed by atoms with van der Waals surface area (Å²) < 4.78 is 6.89. The minimum absolute atomic E-state index is 0.378. The summed E-state index contributed by atoms with van der Waals surface area (Å²) in [5.74, 6) is 0.562. The van der Waals surface area contributed by atoms with Crippen LogP contribution in [0.4, 0.5) is 5.69 Å². The largest absolute Gasteiger partial charge is 0.481 e. The van der Waals surface area contributed by atoms with Crippen molar-refractivity contribution < 1.29 is 9.84 Å². The van der Waals surface area contributed by atoms with Crippen LogP contribution in [0.5, 0.6) is 5.88 Å². The molecule has 0 fully saturated rings. The van der Waals surface area contributed by atoms with Gasteiger partial charge in [0.2, 0.25) is 5.88 Å². The number of pyridine rings is 1. The van der Waals surface area contributed by atoms with E-state index in [0.29, 0.717) is 23.6 Å². The molecule has 102 valence electrons. The molecule has 0 aromatic carbocycles. The van der Waals surface area contributed by atoms with Gasteiger partial charge >= 0.3 is 0 Å². The number of nitrogen functional groups attached to an aromatic ring is 1. The molecule has 0 aliphatic rings. The topological polar surface area (TPSA) is 86.2 Å². The first-order valence-corrected chi connectivity index (χ1v) is 5.98. The molecule has 2 rings (SSSR count). The van der Waals surface area contributed by atoms with Crippen LogP contribution in [0.25, 0.3) is 0 Å². The average molecular weight is 262 g/mol. The van der Waals surface area contributed by atoms with Crippen molar-refractivity contribution in [2.75, 3.05) is 12.8 Å². The van der Waals surface area contributed by atoms with Crippen molar-refractivity contribution in [2.24, 2.45) is 7.05 Å². The molecule has 2 aromatic heterocycles. The maximum absolute atomic E-state index is 10.4. The fraction of sp³-hybridized carbons (Fsp3) is 0.385. The molecule has 0 spiro atoms. The minimum Gasteiger partial charge on any atom is -0.481 e. The molecule has 0 radical (unpaired) electrons. The summed E-state index contributed by atoms with van der Waals surface area (Å²) in [7, 11) is 3.34. The Morgan fingerprint density at radius 3 is 2.89 bits per heavy atom. The van der Waals surface area contributed by atoms with Crippen LogP contribution in [0.2, 0.25) is 0 Å². The molecule has 1 atom stereocenters. The van der Waals surface area contributed by atoms with Gasteiger partial charge in [0.25, 0.3) is 0 Å². The fourth-order valence-corrected chi connectivity index (χ4v) is 2.20. The lowest BCUT2D eigenvalue weighted by Gasteiger charge is -2.13. The maximum Gasteiger partial charge on any atom is 0.217 e. The summed E-state index contributed by atoms with van der Waals surface area (Å²) in [4.78, 5) is 4.02. The number of aromatic nitrogens is 3. The number of hydrogen-bond acceptors (Lipinski definition) is 5. The third kappa shape index (κ3) is 2.53. The first-order chi connectivity index (χ1) is 9.04. The van der Waals surface area contributed by atoms with E-state index >= 15 is 0 Å². The van der Waals surface area contributed by atoms with E-state index < -0.39 is 6.10 Å². The van der Waals surface area contributed by atoms with Crippen molar-refractivity contribution in [3.05, 3.63) is 35.3 Å². The maximum atomic E-state index is 10.4. The summed E-state index contributed by atoms with van der Waals surface area (Å²) >= 11 is 0. The molecule has 2 heterocycles. The molecule has 2 aromatic rings. The van der Waals surface area contributed by atoms with Gasteiger partial charge in [-0.25, -0.2) is 4.68 Å². The number of anilines is 1. The van der Waals surface area contributed by atoms with Gasteiger partial charge in [0.15, 0.2) is 0 Å². The third-order valence-electron chi connectivity index (χ3n) is 3.10. The Morgan fingerprint density at radius 1 is 1.53 bits per heavy atom. The van der Waals surface area contributed by atoms with Crippen molar-refractivity contribution in [2.45, 2.75) is 19.4 Å². The molecule has 0 amide bonds. The Hall–Kier alpha value is -2.08. The van der Waals surface area contributed by atoms with Gasteiger partial charge in [0.05, 0.1) is 24.5 Å². The molecule has 0 saturated carbocycles. The number of hydrogen-bond donors (Lipinski definition) is 2. The number of aryl methyl sites for hydroxylation is 2. The number of aliphatic hydroxyl groups is 1. The van der Waals surface area contributed by atoms with Crippen LogP contribution >= 0.6 is 0 Å². The van der Waals surface area contributed by atoms with E-state index in [1.807, 2.05) is 6.92 Å². The first-order valence-electron chi connectivity index (χ1n) is 5.98. The van der Waals surface area contributed by atoms with E-state index in [1.165, 1.54) is 0 Å². The van der Waals surface area contributed by atoms with E-state index in [1.54, 1.807) is 37.3 Å². The van der Waals surface area contributed by atoms with Crippen LogP contribution in [-0.4, -0.2) is 27.0 Å². The predicted molar refractivity (Wildman–Crippen MR) is 71.8 cm³/mol. The normalized spacial score (nSPS) is 12.4. The van der Waals surface area contributed by atoms with E-state index in [2.05, 4.69) is 10.1 Å². The monoisotopic (exact) mass is 262 g/mol. The lowest BCUT2D eigenvalue weighted by atomic mass is 10.0. The highest BCUT2D eigenvalue weighted by Crippen LogP contribution is 2.30. The number of nitrogens with two attached hydrogens (primary N) is 1. The van der Waals surface area contributed by atoms with Gasteiger partial charge in [-0.3, -0.25) is 4.98 Å². The standard InChI is InChI=1S/C13H18N4O2/c1-8-12(13(19-3)17(2)16-8)11(18)6-9-7-15-5-4-10(9)14/h4-5,7,11,18H,6H2,1-3H3,(H2,14,15). The third-order valence-corrected chi connectivity index (χ3v) is 3.10. The Balaban J connectivity index is 2.30. The molecule has 1 unspecified atom stereocenters. The Labute approximate surface area is 111 Å². The molecule has 0 aliphatic carbocycles. The predicted octanol–water partition coefficient (Wildman–Crippen LogP) is 0.990. The Bertz CT molecular complexity index is 580. The number of rotatable bonds is 4. The second-order valence-corrected chi connectivity index (χ2v) is 4.43. The first kappa shape index (κ1) is 13.4. The highest BCUT2D eigenvalue weighted by Gasteiger charge is 2.22. The van der Waals surface area contributed by atoms with Gasteiger partial charge in [-0.05, 0) is 18.6 Å². The smallest absolute Gasteiger partial charge is 0.217 e. The Morgan fingerprint density at radius 2 is 2.26 bits per heavy atom. The second-order valence-electron chi connectivity index (χ2n) is 4.43. The Kier molecular flexibility index (Phi) is 3.71. The van der Waals surface area contributed by atoms with Crippen LogP contribution < -0.4 is 10.5 Å². The molecule has 0 aliphatic heterocycles. The van der Waals surface area contributed by atoms with E-state index in [0.717, 1.165) is 11.3 Å². The van der Waals surface area contributed by atoms with Gasteiger partial charge in [-0.2, -0.15) is 5.10 Å². The van der Waals surface area contributed by atoms with Gasteiger partial charge in [-0.1, -0.05) is 0 Å². The lowest BCUT2D eigenvalue weighted by Crippen LogP contribution is -2.07. The van der Waals surface area contributed by atoms with E-state index in [4.69, 9.17) is 10.5 Å². The SMILES string of the molecule is COc1c(C(O)Cc2cnccc2N)c(C)nn1C. The highest BCUT2D eigenvalue weighted by atomic mass is 16.5. The van der Waals surface area contributed by atoms with Gasteiger partial charge in [-0.15, -0.1) is 0 Å². The fourth-order valence-electron chi connectivity index (χ4n) is 2.20. The van der Waals surface area contributed by atoms with Crippen LogP contribution in [0.1, 0.15) is 22.9 Å². The molecule has 6 nitrogen and oxygen atoms in total. The number of methoxy groups -OCH3 is 1. The van der Waals surface area contributed by atoms with Crippen molar-refractivity contribution in [3.63, 3.8) is 0 Å². The van der Waals surface area contributed by atoms with Crippen LogP contribution in [0.15, 0.2) is 18.5 Å². The summed E-state index contributed by atoms with van der Waals surface area (Å²) in [5.41, 5.74) is 8.72. The zero-order chi connectivity index (χ0) is 14.0. The molecule has 19 heavy (non-hydrogen) atoms. The van der Waals surface area contributed by atoms with Crippen molar-refractivity contribution >= 4 is 5.69 Å². The molecule has 0 saturated heterocycles. The number of ether oxygens (including phenoxy) is 1. The average Bonchev–Trinajstić information content (AvgIpc) is 2.66. The summed E-state index contributed by atoms with van der Waals surface area (Å²) in [6.45, 7) is 1.84. The molecular formula is C13H18N4O2. The molecule has 0 bridgehead atoms. The van der Waals surface area contributed by atoms with Gasteiger partial charge < -0.3 is 15.6 Å². The lowest BCUT2D eigenvalue weighted by molar-refractivity contribution is 0.172. The molecular weight excluding hydrogens is 244 g/mol. The van der Waals surface area contributed by atoms with Crippen molar-refractivity contribution in [3.8, 4) is 5.88 Å². The van der Waals surface area contributed by atoms with E-state index in [9.17, 15) is 5.11 Å². The van der Waals surface area contributed by atoms with Crippen molar-refractivity contribution in [1.29, 1.82) is 0 Å². The van der Waals surface area contributed by atoms with E-state index in [-0.39, 0.29) is 0 Å². The van der Waals surface area contributed by atoms with Gasteiger partial charge in [0, 0.05) is 31.5 Å². The zero-order valence-electron chi connectivity index (χ0n) is 11.3. The summed E-state index contributed by atoms with van der Waals surface area (Å²) in [6.07, 6.45) is 2.94. The highest BCUT2D eigenvalue weighted by molar-refractivity contribution is 5.45. The van der Waals surface area contributed by atoms with Gasteiger partial charge in [0.1, 0.15) is 0 Å². The molecule has 3 N–H and O–H groups in total. The number of aliphatic hydroxyl groups excluding tert-OH is 1. The van der Waals surface area contributed by atoms with Crippen LogP contribution in [0, 0.1) is 6.92 Å². The number of nitrogens with zero attached hydrogens (tertiary/aromatic N) is 3. The molecule has 6 heteroatoms. The van der Waals surface area contributed by atoms with Crippen LogP contribution in [0.3, 0.4) is 0 Å². The zero-order valence-corrected chi connectivity index (χ0v) is 11.3. The second kappa shape index (κ2) is 5.27.